The smallest absolute Gasteiger partial charge is 0.144 e. The molecule has 3 rings (SSSR count). The van der Waals surface area contributed by atoms with E-state index in [1.165, 1.54) is 6.07 Å². The Morgan fingerprint density at radius 3 is 2.70 bits per heavy atom. The molecule has 23 heavy (non-hydrogen) atoms. The number of rotatable bonds is 4. The van der Waals surface area contributed by atoms with Crippen molar-refractivity contribution in [2.75, 3.05) is 7.11 Å². The Hall–Kier alpha value is -2.73. The van der Waals surface area contributed by atoms with Crippen LogP contribution in [0.4, 0.5) is 4.39 Å². The zero-order valence-electron chi connectivity index (χ0n) is 13.0. The van der Waals surface area contributed by atoms with Crippen LogP contribution in [0.2, 0.25) is 0 Å². The van der Waals surface area contributed by atoms with Gasteiger partial charge in [-0.2, -0.15) is 0 Å². The Morgan fingerprint density at radius 2 is 2.00 bits per heavy atom. The van der Waals surface area contributed by atoms with E-state index >= 15 is 0 Å². The molecule has 2 N–H and O–H groups in total. The molecule has 0 saturated carbocycles. The summed E-state index contributed by atoms with van der Waals surface area (Å²) in [6.07, 6.45) is 0. The minimum absolute atomic E-state index is 0.164. The summed E-state index contributed by atoms with van der Waals surface area (Å²) in [5.74, 6) is 0.277. The Labute approximate surface area is 133 Å². The monoisotopic (exact) mass is 312 g/mol. The molecule has 0 saturated heterocycles. The maximum Gasteiger partial charge on any atom is 0.144 e. The van der Waals surface area contributed by atoms with E-state index in [1.54, 1.807) is 30.0 Å². The summed E-state index contributed by atoms with van der Waals surface area (Å²) in [4.78, 5) is 0. The molecule has 6 heteroatoms. The highest BCUT2D eigenvalue weighted by Crippen LogP contribution is 2.31. The van der Waals surface area contributed by atoms with Crippen molar-refractivity contribution >= 4 is 0 Å². The second kappa shape index (κ2) is 6.18. The molecule has 0 aliphatic heterocycles. The van der Waals surface area contributed by atoms with E-state index in [0.717, 1.165) is 5.56 Å². The van der Waals surface area contributed by atoms with Crippen LogP contribution in [0.5, 0.6) is 5.75 Å². The first-order valence-electron chi connectivity index (χ1n) is 7.20. The van der Waals surface area contributed by atoms with Crippen molar-refractivity contribution in [1.82, 2.24) is 15.0 Å². The van der Waals surface area contributed by atoms with E-state index < -0.39 is 0 Å². The van der Waals surface area contributed by atoms with Crippen molar-refractivity contribution in [3.8, 4) is 22.7 Å². The molecule has 2 aromatic carbocycles. The number of methoxy groups -OCH3 is 1. The summed E-state index contributed by atoms with van der Waals surface area (Å²) >= 11 is 0. The Bertz CT molecular complexity index is 844. The lowest BCUT2D eigenvalue weighted by Gasteiger charge is -2.13. The molecule has 0 aliphatic carbocycles. The molecule has 118 valence electrons. The van der Waals surface area contributed by atoms with Crippen LogP contribution in [-0.2, 0) is 6.54 Å². The summed E-state index contributed by atoms with van der Waals surface area (Å²) < 4.78 is 21.3. The van der Waals surface area contributed by atoms with Gasteiger partial charge in [0.2, 0.25) is 0 Å². The van der Waals surface area contributed by atoms with Crippen molar-refractivity contribution in [2.24, 2.45) is 5.73 Å². The van der Waals surface area contributed by atoms with Crippen LogP contribution >= 0.6 is 0 Å². The molecule has 5 nitrogen and oxygen atoms in total. The number of benzene rings is 2. The summed E-state index contributed by atoms with van der Waals surface area (Å²) in [5, 5.41) is 8.26. The van der Waals surface area contributed by atoms with E-state index in [9.17, 15) is 4.39 Å². The van der Waals surface area contributed by atoms with Gasteiger partial charge in [-0.3, -0.25) is 0 Å². The standard InChI is InChI=1S/C17H17FN4O/c1-11-7-8-16(23-2)15(9-11)22-17(14(10-19)20-21-22)12-5-3-4-6-13(12)18/h3-9H,10,19H2,1-2H3. The zero-order chi connectivity index (χ0) is 16.4. The molecule has 0 aliphatic rings. The largest absolute Gasteiger partial charge is 0.494 e. The quantitative estimate of drug-likeness (QED) is 0.804. The van der Waals surface area contributed by atoms with Crippen LogP contribution < -0.4 is 10.5 Å². The van der Waals surface area contributed by atoms with Gasteiger partial charge < -0.3 is 10.5 Å². The Morgan fingerprint density at radius 1 is 1.22 bits per heavy atom. The highest BCUT2D eigenvalue weighted by atomic mass is 19.1. The third kappa shape index (κ3) is 2.68. The second-order valence-corrected chi connectivity index (χ2v) is 5.16. The van der Waals surface area contributed by atoms with Crippen molar-refractivity contribution in [1.29, 1.82) is 0 Å². The van der Waals surface area contributed by atoms with Gasteiger partial charge in [-0.25, -0.2) is 9.07 Å². The number of ether oxygens (including phenoxy) is 1. The summed E-state index contributed by atoms with van der Waals surface area (Å²) in [6.45, 7) is 2.13. The maximum absolute atomic E-state index is 14.3. The molecule has 3 aromatic rings. The van der Waals surface area contributed by atoms with Crippen LogP contribution in [0.25, 0.3) is 16.9 Å². The third-order valence-corrected chi connectivity index (χ3v) is 3.62. The number of halogens is 1. The average molecular weight is 312 g/mol. The maximum atomic E-state index is 14.3. The van der Waals surface area contributed by atoms with Gasteiger partial charge in [-0.1, -0.05) is 23.4 Å². The number of nitrogens with zero attached hydrogens (tertiary/aromatic N) is 3. The lowest BCUT2D eigenvalue weighted by molar-refractivity contribution is 0.411. The molecule has 0 bridgehead atoms. The lowest BCUT2D eigenvalue weighted by atomic mass is 10.1. The van der Waals surface area contributed by atoms with Crippen LogP contribution in [0.1, 0.15) is 11.3 Å². The highest BCUT2D eigenvalue weighted by molar-refractivity contribution is 5.66. The molecule has 0 spiro atoms. The SMILES string of the molecule is COc1ccc(C)cc1-n1nnc(CN)c1-c1ccccc1F. The lowest BCUT2D eigenvalue weighted by Crippen LogP contribution is -2.05. The van der Waals surface area contributed by atoms with Gasteiger partial charge in [-0.15, -0.1) is 5.10 Å². The van der Waals surface area contributed by atoms with Gasteiger partial charge in [0.25, 0.3) is 0 Å². The molecular formula is C17H17FN4O. The number of aryl methyl sites for hydroxylation is 1. The van der Waals surface area contributed by atoms with Crippen LogP contribution in [-0.4, -0.2) is 22.1 Å². The summed E-state index contributed by atoms with van der Waals surface area (Å²) in [7, 11) is 1.58. The predicted molar refractivity (Wildman–Crippen MR) is 85.9 cm³/mol. The number of aromatic nitrogens is 3. The molecule has 1 aromatic heterocycles. The van der Waals surface area contributed by atoms with Crippen LogP contribution in [0.3, 0.4) is 0 Å². The van der Waals surface area contributed by atoms with E-state index in [1.807, 2.05) is 25.1 Å². The van der Waals surface area contributed by atoms with Crippen LogP contribution in [0.15, 0.2) is 42.5 Å². The van der Waals surface area contributed by atoms with Gasteiger partial charge >= 0.3 is 0 Å². The van der Waals surface area contributed by atoms with E-state index in [-0.39, 0.29) is 12.4 Å². The summed E-state index contributed by atoms with van der Waals surface area (Å²) in [6, 6.07) is 12.2. The highest BCUT2D eigenvalue weighted by Gasteiger charge is 2.20. The Kier molecular flexibility index (Phi) is 4.08. The zero-order valence-corrected chi connectivity index (χ0v) is 13.0. The molecule has 0 unspecified atom stereocenters. The second-order valence-electron chi connectivity index (χ2n) is 5.16. The third-order valence-electron chi connectivity index (χ3n) is 3.62. The van der Waals surface area contributed by atoms with Gasteiger partial charge in [-0.05, 0) is 36.8 Å². The van der Waals surface area contributed by atoms with E-state index in [0.29, 0.717) is 28.4 Å². The fraction of sp³-hybridized carbons (Fsp3) is 0.176. The van der Waals surface area contributed by atoms with Gasteiger partial charge in [0, 0.05) is 12.1 Å². The molecule has 0 atom stereocenters. The fourth-order valence-corrected chi connectivity index (χ4v) is 2.51. The van der Waals surface area contributed by atoms with Gasteiger partial charge in [0.15, 0.2) is 0 Å². The van der Waals surface area contributed by atoms with Crippen molar-refractivity contribution < 1.29 is 9.13 Å². The molecule has 0 amide bonds. The molecule has 1 heterocycles. The number of hydrogen-bond donors (Lipinski definition) is 1. The normalized spacial score (nSPS) is 10.8. The molecule has 0 radical (unpaired) electrons. The topological polar surface area (TPSA) is 66.0 Å². The van der Waals surface area contributed by atoms with Crippen molar-refractivity contribution in [3.05, 3.63) is 59.5 Å². The first-order chi connectivity index (χ1) is 11.2. The summed E-state index contributed by atoms with van der Waals surface area (Å²) in [5.41, 5.74) is 8.95. The fourth-order valence-electron chi connectivity index (χ4n) is 2.51. The number of hydrogen-bond acceptors (Lipinski definition) is 4. The van der Waals surface area contributed by atoms with Crippen molar-refractivity contribution in [2.45, 2.75) is 13.5 Å². The number of nitrogens with two attached hydrogens (primary N) is 1. The van der Waals surface area contributed by atoms with Crippen molar-refractivity contribution in [3.63, 3.8) is 0 Å². The molecular weight excluding hydrogens is 295 g/mol. The predicted octanol–water partition coefficient (Wildman–Crippen LogP) is 2.85. The Balaban J connectivity index is 2.29. The van der Waals surface area contributed by atoms with E-state index in [2.05, 4.69) is 10.3 Å². The van der Waals surface area contributed by atoms with Gasteiger partial charge in [0.05, 0.1) is 7.11 Å². The first-order valence-corrected chi connectivity index (χ1v) is 7.20. The average Bonchev–Trinajstić information content (AvgIpc) is 2.99. The minimum atomic E-state index is -0.350. The molecule has 0 fully saturated rings. The van der Waals surface area contributed by atoms with E-state index in [4.69, 9.17) is 10.5 Å². The first kappa shape index (κ1) is 15.2. The van der Waals surface area contributed by atoms with Crippen LogP contribution in [0, 0.1) is 12.7 Å². The minimum Gasteiger partial charge on any atom is -0.494 e. The van der Waals surface area contributed by atoms with Gasteiger partial charge in [0.1, 0.15) is 28.6 Å².